The van der Waals surface area contributed by atoms with E-state index in [1.807, 2.05) is 0 Å². The third-order valence-electron chi connectivity index (χ3n) is 7.24. The van der Waals surface area contributed by atoms with Crippen molar-refractivity contribution in [2.75, 3.05) is 0 Å². The van der Waals surface area contributed by atoms with Gasteiger partial charge >= 0.3 is 12.4 Å². The van der Waals surface area contributed by atoms with Crippen LogP contribution in [0, 0.1) is 22.7 Å². The molecule has 154 valence electrons. The zero-order chi connectivity index (χ0) is 20.3. The summed E-state index contributed by atoms with van der Waals surface area (Å²) >= 11 is 0. The lowest BCUT2D eigenvalue weighted by atomic mass is 9.60. The van der Waals surface area contributed by atoms with Crippen LogP contribution in [0.15, 0.2) is 12.2 Å². The van der Waals surface area contributed by atoms with E-state index < -0.39 is 18.0 Å². The summed E-state index contributed by atoms with van der Waals surface area (Å²) in [6.45, 7) is 2.05. The summed E-state index contributed by atoms with van der Waals surface area (Å²) in [6.07, 6.45) is -5.70. The first-order valence-electron chi connectivity index (χ1n) is 9.33. The Labute approximate surface area is 154 Å². The normalized spacial score (nSPS) is 34.1. The molecule has 0 aliphatic heterocycles. The first-order valence-corrected chi connectivity index (χ1v) is 9.33. The third kappa shape index (κ3) is 3.21. The van der Waals surface area contributed by atoms with Gasteiger partial charge in [0.2, 0.25) is 0 Å². The predicted molar refractivity (Wildman–Crippen MR) is 85.7 cm³/mol. The fraction of sp³-hybridized carbons (Fsp3) is 0.842. The first kappa shape index (κ1) is 20.7. The number of alkyl halides is 6. The average Bonchev–Trinajstić information content (AvgIpc) is 3.19. The molecule has 3 aliphatic carbocycles. The summed E-state index contributed by atoms with van der Waals surface area (Å²) < 4.78 is 76.8. The molecular formula is C19H24F6O2. The van der Waals surface area contributed by atoms with Crippen molar-refractivity contribution in [3.63, 3.8) is 0 Å². The lowest BCUT2D eigenvalue weighted by Crippen LogP contribution is -2.55. The van der Waals surface area contributed by atoms with E-state index in [1.165, 1.54) is 0 Å². The van der Waals surface area contributed by atoms with Gasteiger partial charge < -0.3 is 5.11 Å². The number of ketones is 1. The SMILES string of the molecule is CC12CCCC(=O)C1CCC2C1(C/C=C/C(O)(C(F)(F)F)C(F)(F)F)CC1. The standard InChI is InChI=1S/C19H24F6O2/c1-15-7-2-4-13(26)12(15)5-6-14(15)16(10-11-16)8-3-9-17(27,18(20,21)22)19(23,24)25/h3,9,12,14,27H,2,4-8,10-11H2,1H3/b9-3+. The molecule has 0 aromatic carbocycles. The van der Waals surface area contributed by atoms with Gasteiger partial charge in [0.15, 0.2) is 0 Å². The van der Waals surface area contributed by atoms with Crippen molar-refractivity contribution in [2.45, 2.75) is 76.2 Å². The molecule has 3 aliphatic rings. The average molecular weight is 398 g/mol. The van der Waals surface area contributed by atoms with E-state index in [2.05, 4.69) is 6.92 Å². The Kier molecular flexibility index (Phi) is 4.77. The molecule has 0 amide bonds. The molecule has 0 aromatic heterocycles. The fourth-order valence-corrected chi connectivity index (χ4v) is 5.61. The van der Waals surface area contributed by atoms with E-state index in [1.54, 1.807) is 0 Å². The Morgan fingerprint density at radius 2 is 1.67 bits per heavy atom. The minimum absolute atomic E-state index is 0.0417. The molecule has 3 unspecified atom stereocenters. The molecule has 3 saturated carbocycles. The zero-order valence-corrected chi connectivity index (χ0v) is 15.1. The van der Waals surface area contributed by atoms with Gasteiger partial charge in [0.1, 0.15) is 5.78 Å². The number of carbonyl (C=O) groups is 1. The van der Waals surface area contributed by atoms with Crippen LogP contribution in [-0.2, 0) is 4.79 Å². The summed E-state index contributed by atoms with van der Waals surface area (Å²) in [4.78, 5) is 12.2. The highest BCUT2D eigenvalue weighted by molar-refractivity contribution is 5.83. The highest BCUT2D eigenvalue weighted by Crippen LogP contribution is 2.68. The van der Waals surface area contributed by atoms with Gasteiger partial charge in [-0.2, -0.15) is 26.3 Å². The van der Waals surface area contributed by atoms with Gasteiger partial charge in [-0.25, -0.2) is 0 Å². The smallest absolute Gasteiger partial charge is 0.370 e. The van der Waals surface area contributed by atoms with Crippen LogP contribution < -0.4 is 0 Å². The van der Waals surface area contributed by atoms with Crippen molar-refractivity contribution in [3.05, 3.63) is 12.2 Å². The molecule has 0 heterocycles. The van der Waals surface area contributed by atoms with Gasteiger partial charge in [0, 0.05) is 12.3 Å². The number of hydrogen-bond donors (Lipinski definition) is 1. The van der Waals surface area contributed by atoms with E-state index in [9.17, 15) is 36.2 Å². The van der Waals surface area contributed by atoms with Crippen molar-refractivity contribution in [1.82, 2.24) is 0 Å². The lowest BCUT2D eigenvalue weighted by molar-refractivity contribution is -0.347. The minimum atomic E-state index is -5.83. The minimum Gasteiger partial charge on any atom is -0.370 e. The largest absolute Gasteiger partial charge is 0.429 e. The van der Waals surface area contributed by atoms with E-state index in [-0.39, 0.29) is 40.9 Å². The molecule has 3 atom stereocenters. The number of rotatable bonds is 4. The van der Waals surface area contributed by atoms with Crippen LogP contribution in [0.1, 0.15) is 58.3 Å². The highest BCUT2D eigenvalue weighted by Gasteiger charge is 2.69. The highest BCUT2D eigenvalue weighted by atomic mass is 19.4. The van der Waals surface area contributed by atoms with Gasteiger partial charge in [-0.15, -0.1) is 0 Å². The molecule has 0 aromatic rings. The Balaban J connectivity index is 1.78. The van der Waals surface area contributed by atoms with Crippen molar-refractivity contribution in [2.24, 2.45) is 22.7 Å². The van der Waals surface area contributed by atoms with Crippen molar-refractivity contribution < 1.29 is 36.2 Å². The van der Waals surface area contributed by atoms with Crippen LogP contribution in [0.25, 0.3) is 0 Å². The van der Waals surface area contributed by atoms with Crippen LogP contribution in [0.3, 0.4) is 0 Å². The van der Waals surface area contributed by atoms with Crippen molar-refractivity contribution in [1.29, 1.82) is 0 Å². The van der Waals surface area contributed by atoms with Crippen LogP contribution in [0.2, 0.25) is 0 Å². The number of hydrogen-bond acceptors (Lipinski definition) is 2. The maximum Gasteiger partial charge on any atom is 0.429 e. The maximum atomic E-state index is 12.8. The van der Waals surface area contributed by atoms with Gasteiger partial charge in [0.25, 0.3) is 5.60 Å². The molecule has 0 radical (unpaired) electrons. The summed E-state index contributed by atoms with van der Waals surface area (Å²) in [5.74, 6) is 0.315. The number of aliphatic hydroxyl groups is 1. The van der Waals surface area contributed by atoms with E-state index in [0.29, 0.717) is 6.42 Å². The Morgan fingerprint density at radius 1 is 1.07 bits per heavy atom. The molecular weight excluding hydrogens is 374 g/mol. The van der Waals surface area contributed by atoms with Crippen molar-refractivity contribution in [3.8, 4) is 0 Å². The molecule has 0 saturated heterocycles. The quantitative estimate of drug-likeness (QED) is 0.512. The van der Waals surface area contributed by atoms with E-state index in [0.717, 1.165) is 44.6 Å². The Bertz CT molecular complexity index is 617. The zero-order valence-electron chi connectivity index (χ0n) is 15.1. The Morgan fingerprint density at radius 3 is 2.19 bits per heavy atom. The molecule has 27 heavy (non-hydrogen) atoms. The number of Topliss-reactive ketones (excluding diaryl/α,β-unsaturated/α-hetero) is 1. The van der Waals surface area contributed by atoms with Crippen LogP contribution >= 0.6 is 0 Å². The molecule has 2 nitrogen and oxygen atoms in total. The van der Waals surface area contributed by atoms with E-state index >= 15 is 0 Å². The Hall–Kier alpha value is -1.05. The predicted octanol–water partition coefficient (Wildman–Crippen LogP) is 5.35. The second kappa shape index (κ2) is 6.22. The summed E-state index contributed by atoms with van der Waals surface area (Å²) in [5.41, 5.74) is -5.40. The van der Waals surface area contributed by atoms with Gasteiger partial charge in [0.05, 0.1) is 0 Å². The fourth-order valence-electron chi connectivity index (χ4n) is 5.61. The number of allylic oxidation sites excluding steroid dienone is 1. The van der Waals surface area contributed by atoms with Crippen LogP contribution in [0.5, 0.6) is 0 Å². The van der Waals surface area contributed by atoms with Crippen LogP contribution in [0.4, 0.5) is 26.3 Å². The molecule has 3 fully saturated rings. The van der Waals surface area contributed by atoms with Gasteiger partial charge in [-0.3, -0.25) is 4.79 Å². The monoisotopic (exact) mass is 398 g/mol. The second-order valence-electron chi connectivity index (χ2n) is 8.74. The number of halogens is 6. The molecule has 1 N–H and O–H groups in total. The van der Waals surface area contributed by atoms with Gasteiger partial charge in [-0.1, -0.05) is 13.0 Å². The molecule has 0 bridgehead atoms. The summed E-state index contributed by atoms with van der Waals surface area (Å²) in [7, 11) is 0. The van der Waals surface area contributed by atoms with E-state index in [4.69, 9.17) is 0 Å². The molecule has 0 spiro atoms. The number of carbonyl (C=O) groups excluding carboxylic acids is 1. The lowest BCUT2D eigenvalue weighted by Gasteiger charge is -2.43. The second-order valence-corrected chi connectivity index (χ2v) is 8.74. The van der Waals surface area contributed by atoms with Crippen molar-refractivity contribution >= 4 is 5.78 Å². The third-order valence-corrected chi connectivity index (χ3v) is 7.24. The summed E-state index contributed by atoms with van der Waals surface area (Å²) in [5, 5.41) is 9.26. The van der Waals surface area contributed by atoms with Gasteiger partial charge in [-0.05, 0) is 67.8 Å². The van der Waals surface area contributed by atoms with Crippen LogP contribution in [-0.4, -0.2) is 28.8 Å². The maximum absolute atomic E-state index is 12.8. The molecule has 8 heteroatoms. The first-order chi connectivity index (χ1) is 12.3. The number of fused-ring (bicyclic) bond motifs is 1. The topological polar surface area (TPSA) is 37.3 Å². The molecule has 3 rings (SSSR count). The summed E-state index contributed by atoms with van der Waals surface area (Å²) in [6, 6.07) is 0.